The molecule has 4 nitrogen and oxygen atoms in total. The summed E-state index contributed by atoms with van der Waals surface area (Å²) in [5.74, 6) is 0.942. The van der Waals surface area contributed by atoms with Gasteiger partial charge < -0.3 is 14.2 Å². The number of nitrogens with zero attached hydrogens (tertiary/aromatic N) is 3. The minimum Gasteiger partial charge on any atom is -0.381 e. The molecule has 0 spiro atoms. The second-order valence-electron chi connectivity index (χ2n) is 7.25. The van der Waals surface area contributed by atoms with E-state index in [1.165, 1.54) is 0 Å². The number of alkyl halides is 3. The first-order valence-electron chi connectivity index (χ1n) is 9.75. The lowest BCUT2D eigenvalue weighted by Gasteiger charge is -2.30. The summed E-state index contributed by atoms with van der Waals surface area (Å²) in [5.41, 5.74) is 0.955. The van der Waals surface area contributed by atoms with E-state index in [4.69, 9.17) is 4.74 Å². The van der Waals surface area contributed by atoms with E-state index in [0.717, 1.165) is 38.1 Å². The second kappa shape index (κ2) is 9.56. The van der Waals surface area contributed by atoms with E-state index in [-0.39, 0.29) is 6.04 Å². The zero-order chi connectivity index (χ0) is 20.9. The molecule has 28 heavy (non-hydrogen) atoms. The Kier molecular flexibility index (Phi) is 7.66. The summed E-state index contributed by atoms with van der Waals surface area (Å²) in [4.78, 5) is 6.07. The number of hydrogen-bond acceptors (Lipinski definition) is 3. The maximum atomic E-state index is 13.0. The maximum absolute atomic E-state index is 13.0. The molecular formula is C21H30F3N3O. The van der Waals surface area contributed by atoms with E-state index in [1.54, 1.807) is 4.57 Å². The lowest BCUT2D eigenvalue weighted by molar-refractivity contribution is -0.140. The van der Waals surface area contributed by atoms with Crippen LogP contribution in [0.25, 0.3) is 11.4 Å². The molecule has 0 saturated carbocycles. The Balaban J connectivity index is 0.00000136. The minimum absolute atomic E-state index is 0.107. The summed E-state index contributed by atoms with van der Waals surface area (Å²) >= 11 is 0. The first kappa shape index (κ1) is 22.4. The molecule has 0 bridgehead atoms. The Morgan fingerprint density at radius 1 is 1.18 bits per heavy atom. The molecule has 2 aromatic rings. The van der Waals surface area contributed by atoms with Gasteiger partial charge in [0.25, 0.3) is 0 Å². The predicted octanol–water partition coefficient (Wildman–Crippen LogP) is 5.25. The molecule has 0 unspecified atom stereocenters. The average Bonchev–Trinajstić information content (AvgIpc) is 3.07. The molecule has 0 aliphatic carbocycles. The molecule has 1 aliphatic heterocycles. The van der Waals surface area contributed by atoms with E-state index < -0.39 is 11.9 Å². The van der Waals surface area contributed by atoms with Crippen molar-refractivity contribution < 1.29 is 17.9 Å². The third kappa shape index (κ3) is 5.58. The molecule has 1 aromatic carbocycles. The van der Waals surface area contributed by atoms with Crippen LogP contribution in [0.15, 0.2) is 30.5 Å². The molecule has 0 N–H and O–H groups in total. The van der Waals surface area contributed by atoms with Gasteiger partial charge in [-0.2, -0.15) is 13.2 Å². The summed E-state index contributed by atoms with van der Waals surface area (Å²) in [5, 5.41) is 0. The lowest BCUT2D eigenvalue weighted by Crippen LogP contribution is -2.37. The van der Waals surface area contributed by atoms with E-state index in [1.807, 2.05) is 52.0 Å². The molecule has 1 saturated heterocycles. The zero-order valence-electron chi connectivity index (χ0n) is 17.3. The van der Waals surface area contributed by atoms with Gasteiger partial charge in [0, 0.05) is 36.8 Å². The van der Waals surface area contributed by atoms with Crippen LogP contribution in [0.5, 0.6) is 0 Å². The summed E-state index contributed by atoms with van der Waals surface area (Å²) in [6.07, 6.45) is -3.36. The van der Waals surface area contributed by atoms with Crippen LogP contribution in [0, 0.1) is 5.92 Å². The van der Waals surface area contributed by atoms with E-state index in [2.05, 4.69) is 16.9 Å². The first-order valence-corrected chi connectivity index (χ1v) is 9.75. The van der Waals surface area contributed by atoms with E-state index in [0.29, 0.717) is 17.3 Å². The largest absolute Gasteiger partial charge is 0.434 e. The van der Waals surface area contributed by atoms with Gasteiger partial charge in [-0.05, 0) is 26.5 Å². The van der Waals surface area contributed by atoms with Crippen molar-refractivity contribution >= 4 is 0 Å². The van der Waals surface area contributed by atoms with Crippen molar-refractivity contribution in [3.8, 4) is 11.4 Å². The van der Waals surface area contributed by atoms with Crippen molar-refractivity contribution in [2.24, 2.45) is 5.92 Å². The van der Waals surface area contributed by atoms with Crippen LogP contribution < -0.4 is 0 Å². The van der Waals surface area contributed by atoms with Crippen LogP contribution in [0.4, 0.5) is 13.2 Å². The van der Waals surface area contributed by atoms with Crippen LogP contribution >= 0.6 is 0 Å². The van der Waals surface area contributed by atoms with Crippen LogP contribution in [0.2, 0.25) is 0 Å². The third-order valence-electron chi connectivity index (χ3n) is 4.52. The topological polar surface area (TPSA) is 30.3 Å². The Labute approximate surface area is 165 Å². The molecule has 1 fully saturated rings. The van der Waals surface area contributed by atoms with Crippen molar-refractivity contribution in [2.45, 2.75) is 46.5 Å². The van der Waals surface area contributed by atoms with Gasteiger partial charge in [-0.15, -0.1) is 0 Å². The first-order chi connectivity index (χ1) is 13.2. The highest BCUT2D eigenvalue weighted by atomic mass is 19.4. The van der Waals surface area contributed by atoms with Crippen molar-refractivity contribution in [1.82, 2.24) is 14.5 Å². The van der Waals surface area contributed by atoms with Crippen LogP contribution in [-0.4, -0.2) is 41.3 Å². The van der Waals surface area contributed by atoms with Gasteiger partial charge in [0.15, 0.2) is 5.69 Å². The van der Waals surface area contributed by atoms with Gasteiger partial charge in [0.2, 0.25) is 0 Å². The summed E-state index contributed by atoms with van der Waals surface area (Å²) in [6, 6.07) is 7.49. The van der Waals surface area contributed by atoms with Crippen LogP contribution in [-0.2, 0) is 17.5 Å². The molecule has 0 radical (unpaired) electrons. The molecule has 0 amide bonds. The second-order valence-corrected chi connectivity index (χ2v) is 7.25. The fourth-order valence-electron chi connectivity index (χ4n) is 3.10. The fourth-order valence-corrected chi connectivity index (χ4v) is 3.10. The highest BCUT2D eigenvalue weighted by Gasteiger charge is 2.35. The lowest BCUT2D eigenvalue weighted by atomic mass is 10.1. The van der Waals surface area contributed by atoms with Crippen molar-refractivity contribution in [3.05, 3.63) is 41.7 Å². The van der Waals surface area contributed by atoms with Gasteiger partial charge in [-0.3, -0.25) is 0 Å². The quantitative estimate of drug-likeness (QED) is 0.667. The number of imidazole rings is 1. The number of halogens is 3. The Morgan fingerprint density at radius 3 is 2.25 bits per heavy atom. The van der Waals surface area contributed by atoms with Crippen molar-refractivity contribution in [3.63, 3.8) is 0 Å². The molecule has 3 rings (SSSR count). The third-order valence-corrected chi connectivity index (χ3v) is 4.52. The Bertz CT molecular complexity index is 734. The highest BCUT2D eigenvalue weighted by molar-refractivity contribution is 5.57. The molecule has 0 atom stereocenters. The summed E-state index contributed by atoms with van der Waals surface area (Å²) in [6.45, 7) is 11.1. The normalized spacial score (nSPS) is 14.8. The van der Waals surface area contributed by atoms with Crippen LogP contribution in [0.1, 0.15) is 45.0 Å². The number of aromatic nitrogens is 2. The summed E-state index contributed by atoms with van der Waals surface area (Å²) < 4.78 is 45.8. The van der Waals surface area contributed by atoms with Gasteiger partial charge in [-0.1, -0.05) is 38.1 Å². The number of ether oxygens (including phenoxy) is 1. The minimum atomic E-state index is -4.44. The Hall–Kier alpha value is -1.86. The SMILES string of the molecule is CC.CC(C)n1cc(C(F)(F)F)nc1-c1ccc(CN(C)CC2COC2)cc1. The average molecular weight is 397 g/mol. The number of rotatable bonds is 6. The van der Waals surface area contributed by atoms with Gasteiger partial charge in [-0.25, -0.2) is 4.98 Å². The van der Waals surface area contributed by atoms with Crippen molar-refractivity contribution in [1.29, 1.82) is 0 Å². The smallest absolute Gasteiger partial charge is 0.381 e. The van der Waals surface area contributed by atoms with E-state index in [9.17, 15) is 13.2 Å². The number of hydrogen-bond donors (Lipinski definition) is 0. The van der Waals surface area contributed by atoms with Gasteiger partial charge >= 0.3 is 6.18 Å². The van der Waals surface area contributed by atoms with Gasteiger partial charge in [0.05, 0.1) is 13.2 Å². The van der Waals surface area contributed by atoms with Crippen LogP contribution in [0.3, 0.4) is 0 Å². The monoisotopic (exact) mass is 397 g/mol. The standard InChI is InChI=1S/C19H24F3N3O.C2H6/c1-13(2)25-10-17(19(20,21)22)23-18(25)16-6-4-14(5-7-16)8-24(3)9-15-11-26-12-15;1-2/h4-7,10,13,15H,8-9,11-12H2,1-3H3;1-2H3. The maximum Gasteiger partial charge on any atom is 0.434 e. The highest BCUT2D eigenvalue weighted by Crippen LogP contribution is 2.32. The zero-order valence-corrected chi connectivity index (χ0v) is 17.3. The molecule has 156 valence electrons. The van der Waals surface area contributed by atoms with E-state index >= 15 is 0 Å². The molecular weight excluding hydrogens is 367 g/mol. The molecule has 1 aromatic heterocycles. The number of benzene rings is 1. The molecule has 2 heterocycles. The Morgan fingerprint density at radius 2 is 1.79 bits per heavy atom. The molecule has 1 aliphatic rings. The fraction of sp³-hybridized carbons (Fsp3) is 0.571. The molecule has 7 heteroatoms. The van der Waals surface area contributed by atoms with Gasteiger partial charge in [0.1, 0.15) is 5.82 Å². The summed E-state index contributed by atoms with van der Waals surface area (Å²) in [7, 11) is 2.06. The van der Waals surface area contributed by atoms with Crippen molar-refractivity contribution in [2.75, 3.05) is 26.8 Å². The predicted molar refractivity (Wildman–Crippen MR) is 105 cm³/mol.